The fraction of sp³-hybridized carbons (Fsp3) is 0.364. The number of aromatic nitrogens is 3. The molecule has 7 nitrogen and oxygen atoms in total. The molecule has 1 amide bonds. The average Bonchev–Trinajstić information content (AvgIpc) is 2.78. The van der Waals surface area contributed by atoms with Crippen molar-refractivity contribution in [3.8, 4) is 0 Å². The summed E-state index contributed by atoms with van der Waals surface area (Å²) in [4.78, 5) is 15.6. The Bertz CT molecular complexity index is 571. The molecule has 102 valence electrons. The third kappa shape index (κ3) is 3.80. The zero-order valence-electron chi connectivity index (χ0n) is 10.4. The summed E-state index contributed by atoms with van der Waals surface area (Å²) in [5.41, 5.74) is 0.659. The van der Waals surface area contributed by atoms with E-state index in [9.17, 15) is 4.79 Å². The number of hydrogen-bond donors (Lipinski definition) is 2. The topological polar surface area (TPSA) is 80.5 Å². The number of hydrogen-bond acceptors (Lipinski definition) is 5. The number of nitrogens with zero attached hydrogens (tertiary/aromatic N) is 3. The van der Waals surface area contributed by atoms with E-state index >= 15 is 0 Å². The molecule has 2 aromatic rings. The molecule has 0 bridgehead atoms. The first kappa shape index (κ1) is 13.6. The van der Waals surface area contributed by atoms with Gasteiger partial charge in [-0.1, -0.05) is 11.6 Å². The number of halogens is 1. The molecule has 0 saturated carbocycles. The fourth-order valence-corrected chi connectivity index (χ4v) is 1.60. The largest absolute Gasteiger partial charge is 0.383 e. The lowest BCUT2D eigenvalue weighted by Crippen LogP contribution is -2.32. The molecule has 2 N–H and O–H groups in total. The van der Waals surface area contributed by atoms with Gasteiger partial charge in [-0.3, -0.25) is 4.79 Å². The summed E-state index contributed by atoms with van der Waals surface area (Å²) in [6.07, 6.45) is 1.65. The van der Waals surface area contributed by atoms with E-state index in [0.717, 1.165) is 0 Å². The maximum Gasteiger partial charge on any atom is 0.243 e. The number of carbonyl (C=O) groups excluding carboxylic acids is 1. The van der Waals surface area contributed by atoms with E-state index in [1.165, 1.54) is 0 Å². The van der Waals surface area contributed by atoms with Crippen LogP contribution in [0.3, 0.4) is 0 Å². The van der Waals surface area contributed by atoms with E-state index in [1.807, 2.05) is 0 Å². The van der Waals surface area contributed by atoms with Gasteiger partial charge in [0.15, 0.2) is 5.65 Å². The van der Waals surface area contributed by atoms with Gasteiger partial charge in [0.2, 0.25) is 11.9 Å². The van der Waals surface area contributed by atoms with Crippen LogP contribution in [0.2, 0.25) is 5.02 Å². The minimum absolute atomic E-state index is 0.105. The predicted molar refractivity (Wildman–Crippen MR) is 71.4 cm³/mol. The fourth-order valence-electron chi connectivity index (χ4n) is 1.45. The number of amides is 1. The predicted octanol–water partition coefficient (Wildman–Crippen LogP) is 0.557. The Morgan fingerprint density at radius 3 is 3.16 bits per heavy atom. The highest BCUT2D eigenvalue weighted by Crippen LogP contribution is 2.10. The standard InChI is InChI=1S/C11H14ClN5O2/c1-19-5-4-13-10(18)6-14-11-15-9-3-2-8(12)7-17(9)16-11/h2-3,7H,4-6H2,1H3,(H,13,18)(H,14,16). The number of pyridine rings is 1. The average molecular weight is 284 g/mol. The molecule has 0 aliphatic carbocycles. The van der Waals surface area contributed by atoms with Crippen molar-refractivity contribution in [2.45, 2.75) is 0 Å². The molecule has 0 spiro atoms. The van der Waals surface area contributed by atoms with Crippen LogP contribution in [0.5, 0.6) is 0 Å². The van der Waals surface area contributed by atoms with E-state index in [0.29, 0.717) is 29.8 Å². The summed E-state index contributed by atoms with van der Waals surface area (Å²) in [5.74, 6) is 0.234. The zero-order chi connectivity index (χ0) is 13.7. The van der Waals surface area contributed by atoms with Gasteiger partial charge in [-0.25, -0.2) is 4.52 Å². The molecule has 0 fully saturated rings. The molecule has 8 heteroatoms. The maximum atomic E-state index is 11.4. The van der Waals surface area contributed by atoms with E-state index in [4.69, 9.17) is 16.3 Å². The van der Waals surface area contributed by atoms with Gasteiger partial charge < -0.3 is 15.4 Å². The molecular formula is C11H14ClN5O2. The van der Waals surface area contributed by atoms with Crippen molar-refractivity contribution >= 4 is 29.1 Å². The first-order chi connectivity index (χ1) is 9.19. The van der Waals surface area contributed by atoms with Crippen LogP contribution in [0, 0.1) is 0 Å². The Hall–Kier alpha value is -1.86. The van der Waals surface area contributed by atoms with Gasteiger partial charge in [0, 0.05) is 19.9 Å². The number of nitrogens with one attached hydrogen (secondary N) is 2. The van der Waals surface area contributed by atoms with Crippen LogP contribution < -0.4 is 10.6 Å². The molecule has 0 aliphatic rings. The number of ether oxygens (including phenoxy) is 1. The smallest absolute Gasteiger partial charge is 0.243 e. The Balaban J connectivity index is 1.89. The third-order valence-electron chi connectivity index (χ3n) is 2.33. The summed E-state index contributed by atoms with van der Waals surface area (Å²) in [6, 6.07) is 3.48. The summed E-state index contributed by atoms with van der Waals surface area (Å²) in [6.45, 7) is 1.07. The van der Waals surface area contributed by atoms with Crippen molar-refractivity contribution in [3.05, 3.63) is 23.4 Å². The SMILES string of the molecule is COCCNC(=O)CNc1nc2ccc(Cl)cn2n1. The summed E-state index contributed by atoms with van der Waals surface area (Å²) in [7, 11) is 1.58. The third-order valence-corrected chi connectivity index (χ3v) is 2.55. The normalized spacial score (nSPS) is 10.6. The van der Waals surface area contributed by atoms with Crippen LogP contribution in [0.4, 0.5) is 5.95 Å². The molecule has 0 saturated heterocycles. The van der Waals surface area contributed by atoms with Gasteiger partial charge in [-0.2, -0.15) is 4.98 Å². The van der Waals surface area contributed by atoms with Crippen molar-refractivity contribution in [3.63, 3.8) is 0 Å². The zero-order valence-corrected chi connectivity index (χ0v) is 11.1. The van der Waals surface area contributed by atoms with Crippen LogP contribution in [0.15, 0.2) is 18.3 Å². The van der Waals surface area contributed by atoms with Gasteiger partial charge in [-0.05, 0) is 12.1 Å². The van der Waals surface area contributed by atoms with Crippen molar-refractivity contribution in [2.75, 3.05) is 32.1 Å². The lowest BCUT2D eigenvalue weighted by Gasteiger charge is -2.04. The Kier molecular flexibility index (Phi) is 4.53. The van der Waals surface area contributed by atoms with Crippen LogP contribution in [-0.2, 0) is 9.53 Å². The minimum Gasteiger partial charge on any atom is -0.383 e. The molecule has 0 aliphatic heterocycles. The second kappa shape index (κ2) is 6.35. The molecule has 0 atom stereocenters. The second-order valence-electron chi connectivity index (χ2n) is 3.78. The van der Waals surface area contributed by atoms with E-state index in [1.54, 1.807) is 30.0 Å². The molecule has 2 heterocycles. The van der Waals surface area contributed by atoms with Gasteiger partial charge >= 0.3 is 0 Å². The van der Waals surface area contributed by atoms with Crippen molar-refractivity contribution in [2.24, 2.45) is 0 Å². The number of fused-ring (bicyclic) bond motifs is 1. The molecule has 0 radical (unpaired) electrons. The quantitative estimate of drug-likeness (QED) is 0.757. The molecule has 2 rings (SSSR count). The second-order valence-corrected chi connectivity index (χ2v) is 4.22. The molecule has 19 heavy (non-hydrogen) atoms. The van der Waals surface area contributed by atoms with Crippen molar-refractivity contribution < 1.29 is 9.53 Å². The first-order valence-electron chi connectivity index (χ1n) is 5.70. The van der Waals surface area contributed by atoms with Gasteiger partial charge in [-0.15, -0.1) is 5.10 Å². The van der Waals surface area contributed by atoms with Crippen molar-refractivity contribution in [1.82, 2.24) is 19.9 Å². The Labute approximate surface area is 114 Å². The molecule has 0 aromatic carbocycles. The van der Waals surface area contributed by atoms with Gasteiger partial charge in [0.1, 0.15) is 0 Å². The molecule has 2 aromatic heterocycles. The number of rotatable bonds is 6. The minimum atomic E-state index is -0.145. The van der Waals surface area contributed by atoms with Crippen LogP contribution in [0.25, 0.3) is 5.65 Å². The number of carbonyl (C=O) groups is 1. The Morgan fingerprint density at radius 1 is 1.53 bits per heavy atom. The maximum absolute atomic E-state index is 11.4. The van der Waals surface area contributed by atoms with Crippen LogP contribution >= 0.6 is 11.6 Å². The molecule has 0 unspecified atom stereocenters. The van der Waals surface area contributed by atoms with Gasteiger partial charge in [0.25, 0.3) is 0 Å². The first-order valence-corrected chi connectivity index (χ1v) is 6.08. The highest BCUT2D eigenvalue weighted by atomic mass is 35.5. The molecular weight excluding hydrogens is 270 g/mol. The number of methoxy groups -OCH3 is 1. The van der Waals surface area contributed by atoms with Gasteiger partial charge in [0.05, 0.1) is 18.2 Å². The highest BCUT2D eigenvalue weighted by Gasteiger charge is 2.05. The highest BCUT2D eigenvalue weighted by molar-refractivity contribution is 6.30. The summed E-state index contributed by atoms with van der Waals surface area (Å²) >= 11 is 5.84. The van der Waals surface area contributed by atoms with Crippen molar-refractivity contribution in [1.29, 1.82) is 0 Å². The van der Waals surface area contributed by atoms with E-state index in [2.05, 4.69) is 20.7 Å². The van der Waals surface area contributed by atoms with Crippen LogP contribution in [0.1, 0.15) is 0 Å². The van der Waals surface area contributed by atoms with Crippen LogP contribution in [-0.4, -0.2) is 47.3 Å². The lowest BCUT2D eigenvalue weighted by molar-refractivity contribution is -0.119. The Morgan fingerprint density at radius 2 is 2.37 bits per heavy atom. The van der Waals surface area contributed by atoms with E-state index in [-0.39, 0.29) is 12.5 Å². The summed E-state index contributed by atoms with van der Waals surface area (Å²) < 4.78 is 6.38. The lowest BCUT2D eigenvalue weighted by atomic mass is 10.5. The van der Waals surface area contributed by atoms with E-state index < -0.39 is 0 Å². The summed E-state index contributed by atoms with van der Waals surface area (Å²) in [5, 5.41) is 10.2. The number of anilines is 1. The monoisotopic (exact) mass is 283 g/mol.